The maximum Gasteiger partial charge on any atom is 0.264 e. The van der Waals surface area contributed by atoms with Gasteiger partial charge in [-0.25, -0.2) is 8.42 Å². The molecule has 7 nitrogen and oxygen atoms in total. The summed E-state index contributed by atoms with van der Waals surface area (Å²) in [4.78, 5) is 27.7. The molecule has 0 saturated heterocycles. The van der Waals surface area contributed by atoms with Gasteiger partial charge in [-0.3, -0.25) is 13.9 Å². The number of nitrogens with one attached hydrogen (secondary N) is 1. The third kappa shape index (κ3) is 6.80. The van der Waals surface area contributed by atoms with Crippen LogP contribution in [0.1, 0.15) is 23.6 Å². The highest BCUT2D eigenvalue weighted by Crippen LogP contribution is 2.30. The van der Waals surface area contributed by atoms with Gasteiger partial charge in [-0.05, 0) is 74.4 Å². The number of likely N-dealkylation sites (N-methyl/N-ethyl adjacent to an activating group) is 1. The number of rotatable bonds is 9. The predicted molar refractivity (Wildman–Crippen MR) is 152 cm³/mol. The van der Waals surface area contributed by atoms with Gasteiger partial charge < -0.3 is 10.2 Å². The summed E-state index contributed by atoms with van der Waals surface area (Å²) >= 11 is 18.5. The second-order valence-electron chi connectivity index (χ2n) is 8.80. The molecule has 0 radical (unpaired) electrons. The topological polar surface area (TPSA) is 86.8 Å². The zero-order valence-corrected chi connectivity index (χ0v) is 24.4. The molecule has 0 aliphatic rings. The summed E-state index contributed by atoms with van der Waals surface area (Å²) in [6.07, 6.45) is 0. The smallest absolute Gasteiger partial charge is 0.264 e. The molecule has 3 aromatic rings. The zero-order valence-electron chi connectivity index (χ0n) is 21.3. The van der Waals surface area contributed by atoms with Crippen molar-refractivity contribution in [2.45, 2.75) is 38.3 Å². The van der Waals surface area contributed by atoms with Crippen LogP contribution >= 0.6 is 34.8 Å². The Labute approximate surface area is 238 Å². The SMILES string of the molecule is CNC(=O)C(C)N(Cc1ccc(Cl)cc1Cl)C(=O)CN(c1ccc(Cl)cc1C)S(=O)(=O)c1ccc(C)cc1. The van der Waals surface area contributed by atoms with Crippen molar-refractivity contribution in [3.05, 3.63) is 92.4 Å². The number of halogens is 3. The summed E-state index contributed by atoms with van der Waals surface area (Å²) in [6, 6.07) is 15.0. The van der Waals surface area contributed by atoms with E-state index in [1.165, 1.54) is 30.1 Å². The van der Waals surface area contributed by atoms with E-state index in [4.69, 9.17) is 34.8 Å². The Balaban J connectivity index is 2.08. The van der Waals surface area contributed by atoms with Crippen molar-refractivity contribution in [3.8, 4) is 0 Å². The lowest BCUT2D eigenvalue weighted by molar-refractivity contribution is -0.139. The number of carbonyl (C=O) groups is 2. The van der Waals surface area contributed by atoms with Crippen LogP contribution in [0.2, 0.25) is 15.1 Å². The molecule has 0 saturated carbocycles. The average molecular weight is 597 g/mol. The maximum absolute atomic E-state index is 13.9. The third-order valence-electron chi connectivity index (χ3n) is 6.08. The van der Waals surface area contributed by atoms with Crippen LogP contribution < -0.4 is 9.62 Å². The Kier molecular flexibility index (Phi) is 9.70. The van der Waals surface area contributed by atoms with Gasteiger partial charge >= 0.3 is 0 Å². The van der Waals surface area contributed by atoms with Crippen LogP contribution in [0.5, 0.6) is 0 Å². The molecule has 11 heteroatoms. The first-order chi connectivity index (χ1) is 17.8. The predicted octanol–water partition coefficient (Wildman–Crippen LogP) is 5.62. The maximum atomic E-state index is 13.9. The Morgan fingerprint density at radius 2 is 1.53 bits per heavy atom. The van der Waals surface area contributed by atoms with Crippen LogP contribution in [-0.2, 0) is 26.2 Å². The molecule has 3 rings (SSSR count). The zero-order chi connectivity index (χ0) is 28.2. The monoisotopic (exact) mass is 595 g/mol. The Bertz CT molecular complexity index is 1450. The van der Waals surface area contributed by atoms with Crippen molar-refractivity contribution in [3.63, 3.8) is 0 Å². The summed E-state index contributed by atoms with van der Waals surface area (Å²) in [7, 11) is -2.71. The number of sulfonamides is 1. The number of hydrogen-bond donors (Lipinski definition) is 1. The van der Waals surface area contributed by atoms with E-state index < -0.39 is 34.4 Å². The van der Waals surface area contributed by atoms with Gasteiger partial charge in [-0.2, -0.15) is 0 Å². The minimum absolute atomic E-state index is 0.0249. The molecule has 0 aliphatic heterocycles. The van der Waals surface area contributed by atoms with Gasteiger partial charge in [-0.1, -0.05) is 58.6 Å². The van der Waals surface area contributed by atoms with Crippen LogP contribution in [0, 0.1) is 13.8 Å². The first-order valence-corrected chi connectivity index (χ1v) is 14.2. The molecule has 0 aromatic heterocycles. The Morgan fingerprint density at radius 3 is 2.11 bits per heavy atom. The average Bonchev–Trinajstić information content (AvgIpc) is 2.86. The van der Waals surface area contributed by atoms with E-state index in [1.54, 1.807) is 56.3 Å². The van der Waals surface area contributed by atoms with Crippen LogP contribution in [-0.4, -0.2) is 44.8 Å². The molecule has 0 spiro atoms. The third-order valence-corrected chi connectivity index (χ3v) is 8.68. The van der Waals surface area contributed by atoms with Gasteiger partial charge in [0.05, 0.1) is 10.6 Å². The lowest BCUT2D eigenvalue weighted by Gasteiger charge is -2.32. The van der Waals surface area contributed by atoms with Crippen LogP contribution in [0.4, 0.5) is 5.69 Å². The van der Waals surface area contributed by atoms with E-state index >= 15 is 0 Å². The molecule has 3 aromatic carbocycles. The highest BCUT2D eigenvalue weighted by Gasteiger charge is 2.33. The number of amides is 2. The normalized spacial score (nSPS) is 12.1. The van der Waals surface area contributed by atoms with E-state index in [-0.39, 0.29) is 11.4 Å². The van der Waals surface area contributed by atoms with E-state index in [0.717, 1.165) is 9.87 Å². The van der Waals surface area contributed by atoms with Gasteiger partial charge in [0.25, 0.3) is 10.0 Å². The van der Waals surface area contributed by atoms with Crippen molar-refractivity contribution in [1.82, 2.24) is 10.2 Å². The minimum atomic E-state index is -4.17. The molecule has 38 heavy (non-hydrogen) atoms. The number of aryl methyl sites for hydroxylation is 2. The van der Waals surface area contributed by atoms with Gasteiger partial charge in [-0.15, -0.1) is 0 Å². The molecular weight excluding hydrogens is 569 g/mol. The molecule has 202 valence electrons. The van der Waals surface area contributed by atoms with Gasteiger partial charge in [0.2, 0.25) is 11.8 Å². The molecule has 0 fully saturated rings. The van der Waals surface area contributed by atoms with E-state index in [1.807, 2.05) is 6.92 Å². The molecule has 0 aliphatic carbocycles. The van der Waals surface area contributed by atoms with E-state index in [9.17, 15) is 18.0 Å². The number of anilines is 1. The standard InChI is InChI=1S/C27H28Cl3N3O4S/c1-17-5-10-23(11-6-17)38(36,37)33(25-12-9-21(28)13-18(25)2)16-26(34)32(19(3)27(35)31-4)15-20-7-8-22(29)14-24(20)30/h5-14,19H,15-16H2,1-4H3,(H,31,35). The van der Waals surface area contributed by atoms with Gasteiger partial charge in [0.15, 0.2) is 0 Å². The fourth-order valence-electron chi connectivity index (χ4n) is 3.87. The molecule has 1 N–H and O–H groups in total. The molecule has 1 unspecified atom stereocenters. The summed E-state index contributed by atoms with van der Waals surface area (Å²) in [6.45, 7) is 4.52. The lowest BCUT2D eigenvalue weighted by Crippen LogP contribution is -2.50. The first kappa shape index (κ1) is 29.8. The lowest BCUT2D eigenvalue weighted by atomic mass is 10.1. The van der Waals surface area contributed by atoms with Crippen molar-refractivity contribution >= 4 is 62.3 Å². The molecular formula is C27H28Cl3N3O4S. The first-order valence-electron chi connectivity index (χ1n) is 11.7. The summed E-state index contributed by atoms with van der Waals surface area (Å²) in [5.41, 5.74) is 2.29. The Morgan fingerprint density at radius 1 is 0.921 bits per heavy atom. The van der Waals surface area contributed by atoms with Crippen molar-refractivity contribution < 1.29 is 18.0 Å². The van der Waals surface area contributed by atoms with Gasteiger partial charge in [0.1, 0.15) is 12.6 Å². The highest BCUT2D eigenvalue weighted by atomic mass is 35.5. The minimum Gasteiger partial charge on any atom is -0.357 e. The van der Waals surface area contributed by atoms with Crippen molar-refractivity contribution in [1.29, 1.82) is 0 Å². The molecule has 2 amide bonds. The van der Waals surface area contributed by atoms with Crippen molar-refractivity contribution in [2.75, 3.05) is 17.9 Å². The molecule has 0 heterocycles. The fourth-order valence-corrected chi connectivity index (χ4v) is 6.05. The summed E-state index contributed by atoms with van der Waals surface area (Å²) in [5, 5.41) is 3.70. The van der Waals surface area contributed by atoms with Crippen LogP contribution in [0.25, 0.3) is 0 Å². The van der Waals surface area contributed by atoms with Gasteiger partial charge in [0, 0.05) is 28.7 Å². The van der Waals surface area contributed by atoms with E-state index in [0.29, 0.717) is 31.9 Å². The summed E-state index contributed by atoms with van der Waals surface area (Å²) < 4.78 is 28.8. The number of benzene rings is 3. The second kappa shape index (κ2) is 12.4. The van der Waals surface area contributed by atoms with E-state index in [2.05, 4.69) is 5.32 Å². The summed E-state index contributed by atoms with van der Waals surface area (Å²) in [5.74, 6) is -1.02. The quantitative estimate of drug-likeness (QED) is 0.347. The van der Waals surface area contributed by atoms with Crippen LogP contribution in [0.3, 0.4) is 0 Å². The highest BCUT2D eigenvalue weighted by molar-refractivity contribution is 7.92. The molecule has 1 atom stereocenters. The number of hydrogen-bond acceptors (Lipinski definition) is 4. The largest absolute Gasteiger partial charge is 0.357 e. The molecule has 0 bridgehead atoms. The van der Waals surface area contributed by atoms with Crippen LogP contribution in [0.15, 0.2) is 65.6 Å². The fraction of sp³-hybridized carbons (Fsp3) is 0.259. The number of carbonyl (C=O) groups excluding carboxylic acids is 2. The van der Waals surface area contributed by atoms with Crippen molar-refractivity contribution in [2.24, 2.45) is 0 Å². The number of nitrogens with zero attached hydrogens (tertiary/aromatic N) is 2. The second-order valence-corrected chi connectivity index (χ2v) is 11.9. The Hall–Kier alpha value is -2.78.